The van der Waals surface area contributed by atoms with Gasteiger partial charge in [0.1, 0.15) is 13.2 Å². The number of hydrogen-bond donors (Lipinski definition) is 2. The van der Waals surface area contributed by atoms with E-state index >= 15 is 0 Å². The summed E-state index contributed by atoms with van der Waals surface area (Å²) in [4.78, 5) is 32.1. The van der Waals surface area contributed by atoms with Crippen LogP contribution in [0.25, 0.3) is 0 Å². The molecule has 0 rings (SSSR count). The van der Waals surface area contributed by atoms with E-state index in [2.05, 4.69) is 14.8 Å². The van der Waals surface area contributed by atoms with Crippen LogP contribution in [0.4, 0.5) is 0 Å². The molecule has 24 heavy (non-hydrogen) atoms. The summed E-state index contributed by atoms with van der Waals surface area (Å²) in [6, 6.07) is 0. The molecule has 0 aromatic rings. The highest BCUT2D eigenvalue weighted by Gasteiger charge is 2.03. The van der Waals surface area contributed by atoms with Crippen LogP contribution in [0, 0.1) is 0 Å². The van der Waals surface area contributed by atoms with E-state index in [9.17, 15) is 14.4 Å². The maximum atomic E-state index is 11.2. The molecule has 0 aromatic heterocycles. The first-order chi connectivity index (χ1) is 11.6. The summed E-state index contributed by atoms with van der Waals surface area (Å²) >= 11 is 0. The molecule has 0 aliphatic carbocycles. The molecule has 0 unspecified atom stereocenters. The Kier molecular flexibility index (Phi) is 14.9. The summed E-state index contributed by atoms with van der Waals surface area (Å²) in [7, 11) is 1.32. The van der Waals surface area contributed by atoms with E-state index in [4.69, 9.17) is 19.3 Å². The van der Waals surface area contributed by atoms with Crippen molar-refractivity contribution in [3.05, 3.63) is 0 Å². The Bertz CT molecular complexity index is 362. The van der Waals surface area contributed by atoms with Crippen molar-refractivity contribution in [3.63, 3.8) is 0 Å². The third-order valence-corrected chi connectivity index (χ3v) is 2.45. The zero-order valence-electron chi connectivity index (χ0n) is 13.8. The minimum absolute atomic E-state index is 0.215. The van der Waals surface area contributed by atoms with Crippen LogP contribution in [0.2, 0.25) is 0 Å². The minimum atomic E-state index is -1.13. The first kappa shape index (κ1) is 22.2. The summed E-state index contributed by atoms with van der Waals surface area (Å²) in [6.07, 6.45) is 0.215. The van der Waals surface area contributed by atoms with Gasteiger partial charge in [0.25, 0.3) is 0 Å². The maximum absolute atomic E-state index is 11.2. The molecule has 0 saturated heterocycles. The van der Waals surface area contributed by atoms with Gasteiger partial charge in [-0.3, -0.25) is 9.59 Å². The lowest BCUT2D eigenvalue weighted by atomic mass is 10.5. The van der Waals surface area contributed by atoms with Gasteiger partial charge in [-0.05, 0) is 0 Å². The summed E-state index contributed by atoms with van der Waals surface area (Å²) < 4.78 is 24.7. The van der Waals surface area contributed by atoms with Crippen LogP contribution in [-0.2, 0) is 38.1 Å². The second kappa shape index (κ2) is 16.1. The molecule has 140 valence electrons. The number of nitrogens with one attached hydrogen (secondary N) is 1. The van der Waals surface area contributed by atoms with Crippen LogP contribution in [0.1, 0.15) is 6.42 Å². The van der Waals surface area contributed by atoms with Gasteiger partial charge in [-0.25, -0.2) is 4.79 Å². The van der Waals surface area contributed by atoms with E-state index in [0.717, 1.165) is 0 Å². The Labute approximate surface area is 140 Å². The monoisotopic (exact) mass is 351 g/mol. The number of rotatable bonds is 16. The molecule has 0 bridgehead atoms. The number of amides is 1. The average molecular weight is 351 g/mol. The van der Waals surface area contributed by atoms with E-state index in [-0.39, 0.29) is 19.0 Å². The normalized spacial score (nSPS) is 10.4. The van der Waals surface area contributed by atoms with E-state index in [1.165, 1.54) is 7.11 Å². The van der Waals surface area contributed by atoms with Crippen LogP contribution in [0.5, 0.6) is 0 Å². The lowest BCUT2D eigenvalue weighted by Crippen LogP contribution is -2.31. The van der Waals surface area contributed by atoms with Crippen molar-refractivity contribution in [1.29, 1.82) is 0 Å². The fourth-order valence-corrected chi connectivity index (χ4v) is 1.34. The molecule has 0 radical (unpaired) electrons. The van der Waals surface area contributed by atoms with Crippen molar-refractivity contribution in [2.75, 3.05) is 66.5 Å². The lowest BCUT2D eigenvalue weighted by Gasteiger charge is -2.07. The Morgan fingerprint density at radius 2 is 1.42 bits per heavy atom. The van der Waals surface area contributed by atoms with Gasteiger partial charge in [-0.2, -0.15) is 0 Å². The van der Waals surface area contributed by atoms with Gasteiger partial charge in [0.2, 0.25) is 5.91 Å². The standard InChI is InChI=1S/C14H25NO9/c1-20-14(19)2-4-21-6-8-23-9-7-22-5-3-15-12(16)10-24-11-13(17)18/h2-11H2,1H3,(H,15,16)(H,17,18). The molecule has 0 fully saturated rings. The number of carbonyl (C=O) groups is 3. The van der Waals surface area contributed by atoms with Gasteiger partial charge in [0.15, 0.2) is 0 Å². The average Bonchev–Trinajstić information content (AvgIpc) is 2.55. The Morgan fingerprint density at radius 3 is 2.00 bits per heavy atom. The van der Waals surface area contributed by atoms with E-state index in [1.807, 2.05) is 0 Å². The zero-order valence-corrected chi connectivity index (χ0v) is 13.8. The molecule has 10 heteroatoms. The van der Waals surface area contributed by atoms with Crippen molar-refractivity contribution < 1.29 is 43.2 Å². The number of carbonyl (C=O) groups excluding carboxylic acids is 2. The molecule has 2 N–H and O–H groups in total. The molecule has 0 aromatic carbocycles. The second-order valence-electron chi connectivity index (χ2n) is 4.40. The summed E-state index contributed by atoms with van der Waals surface area (Å²) in [6.45, 7) is 1.62. The van der Waals surface area contributed by atoms with Crippen molar-refractivity contribution >= 4 is 17.8 Å². The molecule has 0 aliphatic heterocycles. The largest absolute Gasteiger partial charge is 0.480 e. The van der Waals surface area contributed by atoms with Gasteiger partial charge in [0.05, 0.1) is 53.2 Å². The van der Waals surface area contributed by atoms with Crippen molar-refractivity contribution in [1.82, 2.24) is 5.32 Å². The zero-order chi connectivity index (χ0) is 18.0. The van der Waals surface area contributed by atoms with E-state index in [0.29, 0.717) is 46.2 Å². The highest BCUT2D eigenvalue weighted by atomic mass is 16.5. The number of hydrogen-bond acceptors (Lipinski definition) is 8. The summed E-state index contributed by atoms with van der Waals surface area (Å²) in [5.41, 5.74) is 0. The van der Waals surface area contributed by atoms with Crippen LogP contribution in [0.3, 0.4) is 0 Å². The molecular formula is C14H25NO9. The molecule has 0 saturated carbocycles. The van der Waals surface area contributed by atoms with Crippen molar-refractivity contribution in [3.8, 4) is 0 Å². The van der Waals surface area contributed by atoms with Gasteiger partial charge >= 0.3 is 11.9 Å². The second-order valence-corrected chi connectivity index (χ2v) is 4.40. The number of carboxylic acids is 1. The molecule has 0 aliphatic rings. The fourth-order valence-electron chi connectivity index (χ4n) is 1.34. The van der Waals surface area contributed by atoms with E-state index < -0.39 is 18.5 Å². The Morgan fingerprint density at radius 1 is 0.833 bits per heavy atom. The smallest absolute Gasteiger partial charge is 0.329 e. The lowest BCUT2D eigenvalue weighted by molar-refractivity contribution is -0.144. The topological polar surface area (TPSA) is 130 Å². The van der Waals surface area contributed by atoms with Gasteiger partial charge in [-0.15, -0.1) is 0 Å². The predicted octanol–water partition coefficient (Wildman–Crippen LogP) is -1.18. The highest BCUT2D eigenvalue weighted by Crippen LogP contribution is 1.87. The fraction of sp³-hybridized carbons (Fsp3) is 0.786. The minimum Gasteiger partial charge on any atom is -0.480 e. The molecule has 10 nitrogen and oxygen atoms in total. The van der Waals surface area contributed by atoms with Crippen molar-refractivity contribution in [2.45, 2.75) is 6.42 Å². The number of ether oxygens (including phenoxy) is 5. The molecule has 0 spiro atoms. The van der Waals surface area contributed by atoms with Gasteiger partial charge in [-0.1, -0.05) is 0 Å². The maximum Gasteiger partial charge on any atom is 0.329 e. The van der Waals surface area contributed by atoms with Crippen LogP contribution < -0.4 is 5.32 Å². The molecule has 1 amide bonds. The first-order valence-corrected chi connectivity index (χ1v) is 7.42. The van der Waals surface area contributed by atoms with Crippen LogP contribution >= 0.6 is 0 Å². The molecule has 0 heterocycles. The SMILES string of the molecule is COC(=O)CCOCCOCCOCCNC(=O)COCC(=O)O. The first-order valence-electron chi connectivity index (χ1n) is 7.42. The number of esters is 1. The highest BCUT2D eigenvalue weighted by molar-refractivity contribution is 5.77. The quantitative estimate of drug-likeness (QED) is 0.260. The molecule has 0 atom stereocenters. The van der Waals surface area contributed by atoms with Crippen molar-refractivity contribution in [2.24, 2.45) is 0 Å². The predicted molar refractivity (Wildman–Crippen MR) is 80.6 cm³/mol. The molecular weight excluding hydrogens is 326 g/mol. The van der Waals surface area contributed by atoms with Gasteiger partial charge < -0.3 is 34.1 Å². The van der Waals surface area contributed by atoms with Crippen LogP contribution in [-0.4, -0.2) is 89.5 Å². The number of aliphatic carboxylic acids is 1. The number of methoxy groups -OCH3 is 1. The van der Waals surface area contributed by atoms with Gasteiger partial charge in [0, 0.05) is 6.54 Å². The van der Waals surface area contributed by atoms with E-state index in [1.54, 1.807) is 0 Å². The Hall–Kier alpha value is -1.75. The third kappa shape index (κ3) is 16.6. The summed E-state index contributed by atoms with van der Waals surface area (Å²) in [5, 5.41) is 10.8. The summed E-state index contributed by atoms with van der Waals surface area (Å²) in [5.74, 6) is -1.84. The van der Waals surface area contributed by atoms with Crippen LogP contribution in [0.15, 0.2) is 0 Å². The number of carboxylic acid groups (broad SMARTS) is 1. The Balaban J connectivity index is 3.18. The third-order valence-electron chi connectivity index (χ3n) is 2.45.